The van der Waals surface area contributed by atoms with Gasteiger partial charge in [0.1, 0.15) is 0 Å². The molecule has 1 amide bonds. The standard InChI is InChI=1S/C15H15BrClNOS/c1-9-4-7-14(20-9)10(2)18(3)15(19)11-5-6-12(16)13(17)8-11/h4-8,10H,1-3H3. The number of carbonyl (C=O) groups excluding carboxylic acids is 1. The van der Waals surface area contributed by atoms with E-state index in [0.29, 0.717) is 10.6 Å². The van der Waals surface area contributed by atoms with Crippen molar-refractivity contribution in [3.05, 3.63) is 55.1 Å². The van der Waals surface area contributed by atoms with Gasteiger partial charge in [-0.2, -0.15) is 0 Å². The highest BCUT2D eigenvalue weighted by molar-refractivity contribution is 9.10. The number of hydrogen-bond acceptors (Lipinski definition) is 2. The van der Waals surface area contributed by atoms with Gasteiger partial charge in [-0.25, -0.2) is 0 Å². The zero-order valence-corrected chi connectivity index (χ0v) is 14.6. The second-order valence-corrected chi connectivity index (χ2v) is 7.25. The minimum atomic E-state index is -0.0297. The van der Waals surface area contributed by atoms with Gasteiger partial charge >= 0.3 is 0 Å². The Hall–Kier alpha value is -0.840. The molecule has 1 aromatic heterocycles. The highest BCUT2D eigenvalue weighted by atomic mass is 79.9. The van der Waals surface area contributed by atoms with Crippen LogP contribution in [0.25, 0.3) is 0 Å². The van der Waals surface area contributed by atoms with E-state index >= 15 is 0 Å². The Morgan fingerprint density at radius 3 is 2.60 bits per heavy atom. The van der Waals surface area contributed by atoms with E-state index in [1.54, 1.807) is 34.4 Å². The summed E-state index contributed by atoms with van der Waals surface area (Å²) in [5.41, 5.74) is 0.598. The summed E-state index contributed by atoms with van der Waals surface area (Å²) in [5, 5.41) is 0.545. The molecule has 0 saturated heterocycles. The summed E-state index contributed by atoms with van der Waals surface area (Å²) < 4.78 is 0.792. The molecule has 0 N–H and O–H groups in total. The van der Waals surface area contributed by atoms with Gasteiger partial charge in [0.05, 0.1) is 11.1 Å². The largest absolute Gasteiger partial charge is 0.334 e. The fourth-order valence-electron chi connectivity index (χ4n) is 1.88. The van der Waals surface area contributed by atoms with Gasteiger partial charge in [0.2, 0.25) is 0 Å². The molecule has 0 aliphatic carbocycles. The normalized spacial score (nSPS) is 12.2. The molecule has 1 atom stereocenters. The van der Waals surface area contributed by atoms with Gasteiger partial charge in [0.15, 0.2) is 0 Å². The quantitative estimate of drug-likeness (QED) is 0.715. The Morgan fingerprint density at radius 2 is 2.05 bits per heavy atom. The molecule has 0 saturated carbocycles. The number of thiophene rings is 1. The van der Waals surface area contributed by atoms with Crippen LogP contribution in [0.1, 0.15) is 33.1 Å². The molecule has 0 aliphatic heterocycles. The molecular weight excluding hydrogens is 358 g/mol. The summed E-state index contributed by atoms with van der Waals surface area (Å²) in [6.07, 6.45) is 0. The number of hydrogen-bond donors (Lipinski definition) is 0. The Bertz CT molecular complexity index is 641. The van der Waals surface area contributed by atoms with Crippen LogP contribution in [0, 0.1) is 6.92 Å². The van der Waals surface area contributed by atoms with E-state index in [2.05, 4.69) is 35.0 Å². The van der Waals surface area contributed by atoms with Crippen molar-refractivity contribution in [1.29, 1.82) is 0 Å². The molecule has 2 nitrogen and oxygen atoms in total. The van der Waals surface area contributed by atoms with Crippen molar-refractivity contribution in [2.75, 3.05) is 7.05 Å². The van der Waals surface area contributed by atoms with Crippen molar-refractivity contribution in [2.45, 2.75) is 19.9 Å². The Balaban J connectivity index is 2.21. The van der Waals surface area contributed by atoms with E-state index in [4.69, 9.17) is 11.6 Å². The summed E-state index contributed by atoms with van der Waals surface area (Å²) in [6.45, 7) is 4.10. The molecule has 1 unspecified atom stereocenters. The highest BCUT2D eigenvalue weighted by Gasteiger charge is 2.20. The first-order valence-corrected chi connectivity index (χ1v) is 8.17. The summed E-state index contributed by atoms with van der Waals surface area (Å²) in [6, 6.07) is 9.46. The van der Waals surface area contributed by atoms with Crippen molar-refractivity contribution in [3.63, 3.8) is 0 Å². The minimum Gasteiger partial charge on any atom is -0.334 e. The van der Waals surface area contributed by atoms with Gasteiger partial charge in [-0.15, -0.1) is 11.3 Å². The van der Waals surface area contributed by atoms with E-state index < -0.39 is 0 Å². The van der Waals surface area contributed by atoms with Gasteiger partial charge < -0.3 is 4.90 Å². The van der Waals surface area contributed by atoms with E-state index in [0.717, 1.165) is 4.47 Å². The number of amides is 1. The van der Waals surface area contributed by atoms with Gasteiger partial charge in [-0.05, 0) is 60.1 Å². The lowest BCUT2D eigenvalue weighted by molar-refractivity contribution is 0.0745. The van der Waals surface area contributed by atoms with Crippen LogP contribution in [-0.4, -0.2) is 17.9 Å². The van der Waals surface area contributed by atoms with E-state index in [9.17, 15) is 4.79 Å². The SMILES string of the molecule is Cc1ccc(C(C)N(C)C(=O)c2ccc(Br)c(Cl)c2)s1. The average Bonchev–Trinajstić information content (AvgIpc) is 2.86. The molecule has 2 aromatic rings. The van der Waals surface area contributed by atoms with Gasteiger partial charge in [-0.1, -0.05) is 11.6 Å². The van der Waals surface area contributed by atoms with E-state index in [-0.39, 0.29) is 11.9 Å². The molecule has 106 valence electrons. The molecule has 0 fully saturated rings. The van der Waals surface area contributed by atoms with Gasteiger partial charge in [-0.3, -0.25) is 4.79 Å². The van der Waals surface area contributed by atoms with Crippen molar-refractivity contribution in [1.82, 2.24) is 4.90 Å². The van der Waals surface area contributed by atoms with Gasteiger partial charge in [0.25, 0.3) is 5.91 Å². The second kappa shape index (κ2) is 6.29. The molecule has 0 spiro atoms. The smallest absolute Gasteiger partial charge is 0.254 e. The van der Waals surface area contributed by atoms with E-state index in [1.165, 1.54) is 9.75 Å². The second-order valence-electron chi connectivity index (χ2n) is 4.67. The summed E-state index contributed by atoms with van der Waals surface area (Å²) in [4.78, 5) is 16.7. The number of carbonyl (C=O) groups is 1. The van der Waals surface area contributed by atoms with Crippen LogP contribution in [0.2, 0.25) is 5.02 Å². The van der Waals surface area contributed by atoms with Crippen molar-refractivity contribution in [3.8, 4) is 0 Å². The maximum atomic E-state index is 12.5. The third-order valence-corrected chi connectivity index (χ3v) is 5.64. The van der Waals surface area contributed by atoms with Crippen molar-refractivity contribution in [2.24, 2.45) is 0 Å². The highest BCUT2D eigenvalue weighted by Crippen LogP contribution is 2.29. The van der Waals surface area contributed by atoms with Crippen LogP contribution in [0.5, 0.6) is 0 Å². The first-order valence-electron chi connectivity index (χ1n) is 6.18. The van der Waals surface area contributed by atoms with Crippen LogP contribution in [0.4, 0.5) is 0 Å². The molecule has 5 heteroatoms. The van der Waals surface area contributed by atoms with Crippen LogP contribution in [0.15, 0.2) is 34.8 Å². The molecule has 1 aromatic carbocycles. The third kappa shape index (κ3) is 3.25. The molecule has 0 bridgehead atoms. The zero-order chi connectivity index (χ0) is 14.9. The summed E-state index contributed by atoms with van der Waals surface area (Å²) >= 11 is 11.1. The number of benzene rings is 1. The lowest BCUT2D eigenvalue weighted by Gasteiger charge is -2.24. The maximum absolute atomic E-state index is 12.5. The Kier molecular flexibility index (Phi) is 4.89. The minimum absolute atomic E-state index is 0.0297. The summed E-state index contributed by atoms with van der Waals surface area (Å²) in [7, 11) is 1.82. The first-order chi connectivity index (χ1) is 9.40. The van der Waals surface area contributed by atoms with Gasteiger partial charge in [0, 0.05) is 26.8 Å². The monoisotopic (exact) mass is 371 g/mol. The number of nitrogens with zero attached hydrogens (tertiary/aromatic N) is 1. The van der Waals surface area contributed by atoms with E-state index in [1.807, 2.05) is 14.0 Å². The average molecular weight is 373 g/mol. The molecule has 20 heavy (non-hydrogen) atoms. The Labute approximate surface area is 136 Å². The number of halogens is 2. The lowest BCUT2D eigenvalue weighted by Crippen LogP contribution is -2.29. The van der Waals surface area contributed by atoms with Crippen molar-refractivity contribution >= 4 is 44.8 Å². The molecular formula is C15H15BrClNOS. The first kappa shape index (κ1) is 15.5. The van der Waals surface area contributed by atoms with Crippen molar-refractivity contribution < 1.29 is 4.79 Å². The predicted molar refractivity (Wildman–Crippen MR) is 88.7 cm³/mol. The molecule has 1 heterocycles. The van der Waals surface area contributed by atoms with Crippen LogP contribution in [-0.2, 0) is 0 Å². The maximum Gasteiger partial charge on any atom is 0.254 e. The fourth-order valence-corrected chi connectivity index (χ4v) is 3.28. The predicted octanol–water partition coefficient (Wildman–Crippen LogP) is 5.31. The number of rotatable bonds is 3. The Morgan fingerprint density at radius 1 is 1.35 bits per heavy atom. The van der Waals surface area contributed by atoms with Crippen LogP contribution < -0.4 is 0 Å². The number of aryl methyl sites for hydroxylation is 1. The zero-order valence-electron chi connectivity index (χ0n) is 11.5. The molecule has 2 rings (SSSR count). The topological polar surface area (TPSA) is 20.3 Å². The lowest BCUT2D eigenvalue weighted by atomic mass is 10.1. The van der Waals surface area contributed by atoms with Crippen LogP contribution in [0.3, 0.4) is 0 Å². The molecule has 0 aliphatic rings. The summed E-state index contributed by atoms with van der Waals surface area (Å²) in [5.74, 6) is -0.0297. The van der Waals surface area contributed by atoms with Crippen LogP contribution >= 0.6 is 38.9 Å². The fraction of sp³-hybridized carbons (Fsp3) is 0.267. The molecule has 0 radical (unpaired) electrons. The third-order valence-electron chi connectivity index (χ3n) is 3.24.